The molecule has 8 nitrogen and oxygen atoms in total. The van der Waals surface area contributed by atoms with Crippen LogP contribution >= 0.6 is 0 Å². The first-order valence-corrected chi connectivity index (χ1v) is 10.9. The molecule has 0 aliphatic carbocycles. The first-order valence-electron chi connectivity index (χ1n) is 10.9. The van der Waals surface area contributed by atoms with Crippen molar-refractivity contribution in [2.24, 2.45) is 0 Å². The Kier molecular flexibility index (Phi) is 7.82. The molecule has 174 valence electrons. The Labute approximate surface area is 193 Å². The average Bonchev–Trinajstić information content (AvgIpc) is 3.25. The molecule has 0 spiro atoms. The lowest BCUT2D eigenvalue weighted by molar-refractivity contribution is -0.133. The minimum absolute atomic E-state index is 0.00619. The summed E-state index contributed by atoms with van der Waals surface area (Å²) in [5.74, 6) is 1.39. The molecule has 2 amide bonds. The molecular weight excluding hydrogens is 420 g/mol. The van der Waals surface area contributed by atoms with E-state index in [0.717, 1.165) is 33.7 Å². The number of anilines is 1. The Hall–Kier alpha value is -3.68. The number of methoxy groups -OCH3 is 1. The number of hydrogen-bond acceptors (Lipinski definition) is 6. The van der Waals surface area contributed by atoms with Gasteiger partial charge in [0.15, 0.2) is 0 Å². The lowest BCUT2D eigenvalue weighted by Gasteiger charge is -2.18. The van der Waals surface area contributed by atoms with Crippen LogP contribution in [0.2, 0.25) is 0 Å². The molecule has 2 aromatic carbocycles. The molecule has 3 aromatic rings. The largest absolute Gasteiger partial charge is 0.497 e. The zero-order chi connectivity index (χ0) is 24.0. The maximum Gasteiger partial charge on any atom is 0.243 e. The number of aromatic nitrogens is 2. The topological polar surface area (TPSA) is 97.6 Å². The number of carbonyl (C=O) groups excluding carboxylic acids is 2. The number of benzene rings is 2. The van der Waals surface area contributed by atoms with E-state index in [1.165, 1.54) is 4.90 Å². The van der Waals surface area contributed by atoms with Crippen molar-refractivity contribution in [3.8, 4) is 17.1 Å². The molecule has 0 aliphatic heterocycles. The van der Waals surface area contributed by atoms with Crippen molar-refractivity contribution >= 4 is 17.5 Å². The summed E-state index contributed by atoms with van der Waals surface area (Å²) >= 11 is 0. The Morgan fingerprint density at radius 3 is 2.39 bits per heavy atom. The van der Waals surface area contributed by atoms with Gasteiger partial charge in [0.2, 0.25) is 23.5 Å². The SMILES string of the molecule is COc1ccc(-c2noc(CCCC(=O)N(C)CC(=O)Nc3c(C)cc(C)cc3C)n2)cc1. The van der Waals surface area contributed by atoms with Gasteiger partial charge in [-0.15, -0.1) is 0 Å². The van der Waals surface area contributed by atoms with Crippen LogP contribution in [0.15, 0.2) is 40.9 Å². The van der Waals surface area contributed by atoms with E-state index in [2.05, 4.69) is 15.5 Å². The molecule has 8 heteroatoms. The van der Waals surface area contributed by atoms with Gasteiger partial charge in [0, 0.05) is 31.1 Å². The van der Waals surface area contributed by atoms with Crippen molar-refractivity contribution in [2.45, 2.75) is 40.0 Å². The molecule has 3 rings (SSSR count). The van der Waals surface area contributed by atoms with Gasteiger partial charge in [0.25, 0.3) is 0 Å². The van der Waals surface area contributed by atoms with E-state index in [1.54, 1.807) is 14.2 Å². The number of carbonyl (C=O) groups is 2. The summed E-state index contributed by atoms with van der Waals surface area (Å²) in [4.78, 5) is 30.7. The second-order valence-corrected chi connectivity index (χ2v) is 8.17. The first kappa shape index (κ1) is 24.0. The van der Waals surface area contributed by atoms with Crippen molar-refractivity contribution < 1.29 is 18.8 Å². The van der Waals surface area contributed by atoms with Crippen LogP contribution in [0.25, 0.3) is 11.4 Å². The second-order valence-electron chi connectivity index (χ2n) is 8.17. The third-order valence-corrected chi connectivity index (χ3v) is 5.35. The molecule has 0 atom stereocenters. The van der Waals surface area contributed by atoms with Crippen LogP contribution in [0.5, 0.6) is 5.75 Å². The van der Waals surface area contributed by atoms with Crippen LogP contribution in [0.1, 0.15) is 35.4 Å². The number of aryl methyl sites for hydroxylation is 4. The summed E-state index contributed by atoms with van der Waals surface area (Å²) in [6.45, 7) is 5.93. The minimum Gasteiger partial charge on any atom is -0.497 e. The molecule has 0 aliphatic rings. The van der Waals surface area contributed by atoms with Crippen LogP contribution in [0.3, 0.4) is 0 Å². The highest BCUT2D eigenvalue weighted by Gasteiger charge is 2.16. The Balaban J connectivity index is 1.46. The van der Waals surface area contributed by atoms with E-state index in [4.69, 9.17) is 9.26 Å². The monoisotopic (exact) mass is 450 g/mol. The summed E-state index contributed by atoms with van der Waals surface area (Å²) < 4.78 is 10.4. The van der Waals surface area contributed by atoms with Crippen molar-refractivity contribution in [3.63, 3.8) is 0 Å². The highest BCUT2D eigenvalue weighted by atomic mass is 16.5. The third kappa shape index (κ3) is 6.41. The lowest BCUT2D eigenvalue weighted by atomic mass is 10.1. The zero-order valence-corrected chi connectivity index (χ0v) is 19.8. The number of ether oxygens (including phenoxy) is 1. The van der Waals surface area contributed by atoms with Crippen molar-refractivity contribution in [3.05, 3.63) is 59.0 Å². The molecule has 33 heavy (non-hydrogen) atoms. The van der Waals surface area contributed by atoms with Crippen LogP contribution in [-0.4, -0.2) is 47.6 Å². The van der Waals surface area contributed by atoms with E-state index >= 15 is 0 Å². The standard InChI is InChI=1S/C25H30N4O4/c1-16-13-17(2)24(18(3)14-16)26-21(30)15-29(4)23(31)8-6-7-22-27-25(28-33-22)19-9-11-20(32-5)12-10-19/h9-14H,6-8,15H2,1-5H3,(H,26,30). The van der Waals surface area contributed by atoms with Gasteiger partial charge in [0.05, 0.1) is 13.7 Å². The summed E-state index contributed by atoms with van der Waals surface area (Å²) in [7, 11) is 3.24. The van der Waals surface area contributed by atoms with Crippen LogP contribution in [0, 0.1) is 20.8 Å². The summed E-state index contributed by atoms with van der Waals surface area (Å²) in [5.41, 5.74) is 4.78. The number of nitrogens with zero attached hydrogens (tertiary/aromatic N) is 3. The highest BCUT2D eigenvalue weighted by molar-refractivity contribution is 5.95. The number of hydrogen-bond donors (Lipinski definition) is 1. The number of nitrogens with one attached hydrogen (secondary N) is 1. The predicted molar refractivity (Wildman–Crippen MR) is 126 cm³/mol. The van der Waals surface area contributed by atoms with Crippen LogP contribution in [-0.2, 0) is 16.0 Å². The molecule has 0 fully saturated rings. The quantitative estimate of drug-likeness (QED) is 0.527. The highest BCUT2D eigenvalue weighted by Crippen LogP contribution is 2.22. The van der Waals surface area contributed by atoms with Gasteiger partial charge in [-0.1, -0.05) is 22.9 Å². The molecular formula is C25H30N4O4. The summed E-state index contributed by atoms with van der Waals surface area (Å²) in [5, 5.41) is 6.92. The van der Waals surface area contributed by atoms with Gasteiger partial charge in [-0.3, -0.25) is 9.59 Å². The van der Waals surface area contributed by atoms with Crippen LogP contribution in [0.4, 0.5) is 5.69 Å². The third-order valence-electron chi connectivity index (χ3n) is 5.35. The molecule has 0 saturated carbocycles. The van der Waals surface area contributed by atoms with E-state index < -0.39 is 0 Å². The van der Waals surface area contributed by atoms with E-state index in [1.807, 2.05) is 57.2 Å². The predicted octanol–water partition coefficient (Wildman–Crippen LogP) is 4.09. The van der Waals surface area contributed by atoms with Gasteiger partial charge < -0.3 is 19.5 Å². The fraction of sp³-hybridized carbons (Fsp3) is 0.360. The Morgan fingerprint density at radius 2 is 1.76 bits per heavy atom. The van der Waals surface area contributed by atoms with Crippen molar-refractivity contribution in [1.29, 1.82) is 0 Å². The van der Waals surface area contributed by atoms with Gasteiger partial charge >= 0.3 is 0 Å². The van der Waals surface area contributed by atoms with Gasteiger partial charge in [-0.2, -0.15) is 4.98 Å². The van der Waals surface area contributed by atoms with Crippen LogP contribution < -0.4 is 10.1 Å². The molecule has 0 radical (unpaired) electrons. The normalized spacial score (nSPS) is 10.7. The lowest BCUT2D eigenvalue weighted by Crippen LogP contribution is -2.35. The maximum absolute atomic E-state index is 12.5. The number of rotatable bonds is 9. The summed E-state index contributed by atoms with van der Waals surface area (Å²) in [6, 6.07) is 11.4. The van der Waals surface area contributed by atoms with Gasteiger partial charge in [0.1, 0.15) is 5.75 Å². The van der Waals surface area contributed by atoms with E-state index in [9.17, 15) is 9.59 Å². The zero-order valence-electron chi connectivity index (χ0n) is 19.8. The van der Waals surface area contributed by atoms with E-state index in [-0.39, 0.29) is 24.8 Å². The fourth-order valence-electron chi connectivity index (χ4n) is 3.66. The Morgan fingerprint density at radius 1 is 1.09 bits per heavy atom. The molecule has 0 bridgehead atoms. The molecule has 0 unspecified atom stereocenters. The van der Waals surface area contributed by atoms with Gasteiger partial charge in [-0.25, -0.2) is 0 Å². The summed E-state index contributed by atoms with van der Waals surface area (Å²) in [6.07, 6.45) is 1.31. The second kappa shape index (κ2) is 10.8. The maximum atomic E-state index is 12.5. The molecule has 0 saturated heterocycles. The molecule has 1 N–H and O–H groups in total. The minimum atomic E-state index is -0.220. The average molecular weight is 451 g/mol. The smallest absolute Gasteiger partial charge is 0.243 e. The van der Waals surface area contributed by atoms with Crippen molar-refractivity contribution in [2.75, 3.05) is 26.0 Å². The molecule has 1 aromatic heterocycles. The Bertz CT molecular complexity index is 1100. The fourth-order valence-corrected chi connectivity index (χ4v) is 3.66. The number of likely N-dealkylation sites (N-methyl/N-ethyl adjacent to an activating group) is 1. The molecule has 1 heterocycles. The first-order chi connectivity index (χ1) is 15.8. The van der Waals surface area contributed by atoms with E-state index in [0.29, 0.717) is 24.6 Å². The van der Waals surface area contributed by atoms with Crippen molar-refractivity contribution in [1.82, 2.24) is 15.0 Å². The van der Waals surface area contributed by atoms with Gasteiger partial charge in [-0.05, 0) is 62.6 Å². The number of amides is 2.